The van der Waals surface area contributed by atoms with Crippen molar-refractivity contribution >= 4 is 0 Å². The number of nitrogens with two attached hydrogens (primary N) is 1. The fourth-order valence-electron chi connectivity index (χ4n) is 3.88. The highest BCUT2D eigenvalue weighted by Crippen LogP contribution is 2.40. The van der Waals surface area contributed by atoms with Gasteiger partial charge < -0.3 is 5.73 Å². The van der Waals surface area contributed by atoms with E-state index in [-0.39, 0.29) is 5.54 Å². The Hall–Kier alpha value is -0.930. The highest BCUT2D eigenvalue weighted by molar-refractivity contribution is 5.11. The molecule has 0 spiro atoms. The summed E-state index contributed by atoms with van der Waals surface area (Å²) in [5, 5.41) is 0. The summed E-state index contributed by atoms with van der Waals surface area (Å²) in [5.41, 5.74) is 7.80. The number of hydrogen-bond acceptors (Lipinski definition) is 3. The fraction of sp³-hybridized carbons (Fsp3) is 0.722. The number of hydrogen-bond donors (Lipinski definition) is 1. The molecule has 2 N–H and O–H groups in total. The third-order valence-electron chi connectivity index (χ3n) is 5.36. The molecule has 2 atom stereocenters. The van der Waals surface area contributed by atoms with Crippen LogP contribution in [0.15, 0.2) is 24.5 Å². The van der Waals surface area contributed by atoms with Gasteiger partial charge in [0.1, 0.15) is 0 Å². The molecule has 1 saturated carbocycles. The molecule has 1 aliphatic rings. The van der Waals surface area contributed by atoms with Crippen molar-refractivity contribution in [2.24, 2.45) is 17.6 Å². The Morgan fingerprint density at radius 3 is 2.67 bits per heavy atom. The smallest absolute Gasteiger partial charge is 0.0337 e. The molecule has 1 aromatic rings. The highest BCUT2D eigenvalue weighted by Gasteiger charge is 2.40. The molecule has 1 heterocycles. The Kier molecular flexibility index (Phi) is 5.77. The number of nitrogens with zero attached hydrogens (tertiary/aromatic N) is 2. The molecule has 118 valence electrons. The Morgan fingerprint density at radius 1 is 1.38 bits per heavy atom. The van der Waals surface area contributed by atoms with E-state index in [2.05, 4.69) is 42.8 Å². The van der Waals surface area contributed by atoms with Crippen LogP contribution in [-0.4, -0.2) is 28.5 Å². The van der Waals surface area contributed by atoms with Crippen molar-refractivity contribution in [3.8, 4) is 0 Å². The van der Waals surface area contributed by atoms with E-state index in [9.17, 15) is 0 Å². The van der Waals surface area contributed by atoms with Crippen LogP contribution in [0.5, 0.6) is 0 Å². The minimum Gasteiger partial charge on any atom is -0.329 e. The Bertz CT molecular complexity index is 418. The molecule has 1 fully saturated rings. The third kappa shape index (κ3) is 3.83. The van der Waals surface area contributed by atoms with Crippen LogP contribution in [-0.2, 0) is 6.54 Å². The van der Waals surface area contributed by atoms with E-state index in [4.69, 9.17) is 5.73 Å². The summed E-state index contributed by atoms with van der Waals surface area (Å²) in [4.78, 5) is 6.73. The molecular formula is C18H31N3. The maximum absolute atomic E-state index is 6.28. The monoisotopic (exact) mass is 289 g/mol. The summed E-state index contributed by atoms with van der Waals surface area (Å²) < 4.78 is 0. The quantitative estimate of drug-likeness (QED) is 0.872. The van der Waals surface area contributed by atoms with Gasteiger partial charge in [0.05, 0.1) is 0 Å². The average molecular weight is 289 g/mol. The van der Waals surface area contributed by atoms with Gasteiger partial charge >= 0.3 is 0 Å². The van der Waals surface area contributed by atoms with Crippen LogP contribution in [0.2, 0.25) is 0 Å². The number of pyridine rings is 1. The minimum absolute atomic E-state index is 0.186. The normalized spacial score (nSPS) is 26.5. The summed E-state index contributed by atoms with van der Waals surface area (Å²) in [6.07, 6.45) is 8.94. The lowest BCUT2D eigenvalue weighted by Crippen LogP contribution is -2.56. The minimum atomic E-state index is 0.186. The first-order valence-electron chi connectivity index (χ1n) is 8.45. The van der Waals surface area contributed by atoms with E-state index in [1.165, 1.54) is 31.2 Å². The van der Waals surface area contributed by atoms with Crippen LogP contribution in [0.25, 0.3) is 0 Å². The van der Waals surface area contributed by atoms with Gasteiger partial charge in [-0.3, -0.25) is 9.88 Å². The zero-order chi connectivity index (χ0) is 15.3. The van der Waals surface area contributed by atoms with Gasteiger partial charge in [0.2, 0.25) is 0 Å². The van der Waals surface area contributed by atoms with Crippen molar-refractivity contribution < 1.29 is 0 Å². The van der Waals surface area contributed by atoms with Gasteiger partial charge in [-0.1, -0.05) is 33.6 Å². The molecule has 0 aromatic carbocycles. The van der Waals surface area contributed by atoms with Gasteiger partial charge in [-0.05, 0) is 48.9 Å². The van der Waals surface area contributed by atoms with E-state index >= 15 is 0 Å². The van der Waals surface area contributed by atoms with Crippen LogP contribution >= 0.6 is 0 Å². The van der Waals surface area contributed by atoms with Crippen LogP contribution < -0.4 is 5.73 Å². The summed E-state index contributed by atoms with van der Waals surface area (Å²) in [6.45, 7) is 9.80. The summed E-state index contributed by atoms with van der Waals surface area (Å²) >= 11 is 0. The largest absolute Gasteiger partial charge is 0.329 e. The van der Waals surface area contributed by atoms with Crippen molar-refractivity contribution in [2.75, 3.05) is 13.1 Å². The Balaban J connectivity index is 2.16. The maximum Gasteiger partial charge on any atom is 0.0337 e. The fourth-order valence-corrected chi connectivity index (χ4v) is 3.88. The predicted molar refractivity (Wildman–Crippen MR) is 88.9 cm³/mol. The lowest BCUT2D eigenvalue weighted by molar-refractivity contribution is 0.0230. The van der Waals surface area contributed by atoms with Crippen LogP contribution in [0, 0.1) is 11.8 Å². The first-order chi connectivity index (χ1) is 10.1. The van der Waals surface area contributed by atoms with Crippen LogP contribution in [0.3, 0.4) is 0 Å². The summed E-state index contributed by atoms with van der Waals surface area (Å²) in [5.74, 6) is 1.57. The molecule has 1 aromatic heterocycles. The van der Waals surface area contributed by atoms with Crippen molar-refractivity contribution in [1.29, 1.82) is 0 Å². The van der Waals surface area contributed by atoms with Crippen LogP contribution in [0.4, 0.5) is 0 Å². The van der Waals surface area contributed by atoms with E-state index in [0.717, 1.165) is 31.5 Å². The molecule has 0 saturated heterocycles. The zero-order valence-corrected chi connectivity index (χ0v) is 13.9. The molecule has 0 radical (unpaired) electrons. The first-order valence-corrected chi connectivity index (χ1v) is 8.45. The summed E-state index contributed by atoms with van der Waals surface area (Å²) in [7, 11) is 0. The second-order valence-corrected chi connectivity index (χ2v) is 6.90. The van der Waals surface area contributed by atoms with Crippen LogP contribution in [0.1, 0.15) is 52.0 Å². The number of rotatable bonds is 6. The van der Waals surface area contributed by atoms with Crippen molar-refractivity contribution in [3.63, 3.8) is 0 Å². The lowest BCUT2D eigenvalue weighted by atomic mass is 9.70. The SMILES string of the molecule is CCN(Cc1ccncc1)C1(CN)CCCC(C(C)C)C1. The molecule has 21 heavy (non-hydrogen) atoms. The van der Waals surface area contributed by atoms with Crippen molar-refractivity contribution in [1.82, 2.24) is 9.88 Å². The topological polar surface area (TPSA) is 42.2 Å². The van der Waals surface area contributed by atoms with E-state index in [0.29, 0.717) is 0 Å². The molecule has 3 nitrogen and oxygen atoms in total. The van der Waals surface area contributed by atoms with E-state index in [1.54, 1.807) is 0 Å². The molecule has 1 aliphatic carbocycles. The molecular weight excluding hydrogens is 258 g/mol. The van der Waals surface area contributed by atoms with E-state index in [1.807, 2.05) is 12.4 Å². The second-order valence-electron chi connectivity index (χ2n) is 6.90. The molecule has 3 heteroatoms. The molecule has 2 unspecified atom stereocenters. The van der Waals surface area contributed by atoms with Gasteiger partial charge in [-0.15, -0.1) is 0 Å². The summed E-state index contributed by atoms with van der Waals surface area (Å²) in [6, 6.07) is 4.24. The van der Waals surface area contributed by atoms with Gasteiger partial charge in [0.25, 0.3) is 0 Å². The Labute approximate surface area is 129 Å². The van der Waals surface area contributed by atoms with Crippen molar-refractivity contribution in [2.45, 2.75) is 58.5 Å². The molecule has 0 aliphatic heterocycles. The van der Waals surface area contributed by atoms with Gasteiger partial charge in [-0.2, -0.15) is 0 Å². The van der Waals surface area contributed by atoms with Gasteiger partial charge in [-0.25, -0.2) is 0 Å². The Morgan fingerprint density at radius 2 is 2.10 bits per heavy atom. The number of likely N-dealkylation sites (N-methyl/N-ethyl adjacent to an activating group) is 1. The highest BCUT2D eigenvalue weighted by atomic mass is 15.2. The lowest BCUT2D eigenvalue weighted by Gasteiger charge is -2.49. The average Bonchev–Trinajstić information content (AvgIpc) is 2.53. The molecule has 0 amide bonds. The van der Waals surface area contributed by atoms with Crippen molar-refractivity contribution in [3.05, 3.63) is 30.1 Å². The molecule has 0 bridgehead atoms. The van der Waals surface area contributed by atoms with E-state index < -0.39 is 0 Å². The third-order valence-corrected chi connectivity index (χ3v) is 5.36. The zero-order valence-electron chi connectivity index (χ0n) is 13.9. The maximum atomic E-state index is 6.28. The second kappa shape index (κ2) is 7.37. The molecule has 2 rings (SSSR count). The predicted octanol–water partition coefficient (Wildman–Crippen LogP) is 3.45. The van der Waals surface area contributed by atoms with Gasteiger partial charge in [0.15, 0.2) is 0 Å². The van der Waals surface area contributed by atoms with Gasteiger partial charge in [0, 0.05) is 31.0 Å². The first kappa shape index (κ1) is 16.4. The standard InChI is InChI=1S/C18H31N3/c1-4-21(13-16-7-10-20-11-8-16)18(14-19)9-5-6-17(12-18)15(2)3/h7-8,10-11,15,17H,4-6,9,12-14,19H2,1-3H3. The number of aromatic nitrogens is 1.